The molecule has 0 spiro atoms. The standard InChI is InChI=1S/C19H17F3N4OS/c20-19(21,22)18-24-23-17-16(13-5-2-1-3-6-13)25(10-11-26(17)18)15(27)9-8-14-7-4-12-28-14/h1-7,12,16H,8-11H2. The van der Waals surface area contributed by atoms with Gasteiger partial charge < -0.3 is 9.47 Å². The summed E-state index contributed by atoms with van der Waals surface area (Å²) in [5, 5.41) is 9.15. The van der Waals surface area contributed by atoms with E-state index in [0.717, 1.165) is 9.44 Å². The van der Waals surface area contributed by atoms with Crippen molar-refractivity contribution in [2.24, 2.45) is 0 Å². The molecular formula is C19H17F3N4OS. The first-order chi connectivity index (χ1) is 13.4. The lowest BCUT2D eigenvalue weighted by molar-refractivity contribution is -0.148. The Hall–Kier alpha value is -2.68. The summed E-state index contributed by atoms with van der Waals surface area (Å²) in [5.74, 6) is -0.978. The Morgan fingerprint density at radius 3 is 2.57 bits per heavy atom. The number of carbonyl (C=O) groups excluding carboxylic acids is 1. The molecule has 0 aliphatic carbocycles. The topological polar surface area (TPSA) is 51.0 Å². The monoisotopic (exact) mass is 406 g/mol. The Bertz CT molecular complexity index is 953. The van der Waals surface area contributed by atoms with Gasteiger partial charge in [-0.05, 0) is 23.4 Å². The van der Waals surface area contributed by atoms with Crippen molar-refractivity contribution in [2.45, 2.75) is 31.6 Å². The van der Waals surface area contributed by atoms with E-state index in [2.05, 4.69) is 10.2 Å². The number of hydrogen-bond acceptors (Lipinski definition) is 4. The lowest BCUT2D eigenvalue weighted by atomic mass is 10.0. The van der Waals surface area contributed by atoms with Crippen LogP contribution < -0.4 is 0 Å². The Morgan fingerprint density at radius 1 is 1.11 bits per heavy atom. The maximum Gasteiger partial charge on any atom is 0.451 e. The zero-order valence-electron chi connectivity index (χ0n) is 14.8. The quantitative estimate of drug-likeness (QED) is 0.660. The highest BCUT2D eigenvalue weighted by Crippen LogP contribution is 2.36. The molecule has 1 aliphatic rings. The SMILES string of the molecule is O=C(CCc1cccs1)N1CCn2c(nnc2C(F)(F)F)C1c1ccccc1. The summed E-state index contributed by atoms with van der Waals surface area (Å²) >= 11 is 1.58. The number of amides is 1. The van der Waals surface area contributed by atoms with Gasteiger partial charge >= 0.3 is 6.18 Å². The molecule has 4 rings (SSSR count). The number of halogens is 3. The van der Waals surface area contributed by atoms with Gasteiger partial charge in [0.2, 0.25) is 11.7 Å². The molecule has 3 aromatic rings. The lowest BCUT2D eigenvalue weighted by Gasteiger charge is -2.36. The van der Waals surface area contributed by atoms with Gasteiger partial charge in [0.15, 0.2) is 5.82 Å². The highest BCUT2D eigenvalue weighted by atomic mass is 32.1. The van der Waals surface area contributed by atoms with E-state index in [0.29, 0.717) is 18.4 Å². The van der Waals surface area contributed by atoms with Crippen LogP contribution in [0.25, 0.3) is 0 Å². The van der Waals surface area contributed by atoms with Crippen LogP contribution in [0.15, 0.2) is 47.8 Å². The fourth-order valence-corrected chi connectivity index (χ4v) is 4.19. The van der Waals surface area contributed by atoms with E-state index >= 15 is 0 Å². The predicted octanol–water partition coefficient (Wildman–Crippen LogP) is 3.92. The predicted molar refractivity (Wildman–Crippen MR) is 97.7 cm³/mol. The van der Waals surface area contributed by atoms with E-state index in [4.69, 9.17) is 0 Å². The molecule has 3 heterocycles. The molecule has 2 aromatic heterocycles. The fraction of sp³-hybridized carbons (Fsp3) is 0.316. The second-order valence-electron chi connectivity index (χ2n) is 6.51. The third kappa shape index (κ3) is 3.54. The zero-order valence-corrected chi connectivity index (χ0v) is 15.6. The molecule has 5 nitrogen and oxygen atoms in total. The molecule has 1 aromatic carbocycles. The van der Waals surface area contributed by atoms with Crippen molar-refractivity contribution in [1.82, 2.24) is 19.7 Å². The number of aromatic nitrogens is 3. The smallest absolute Gasteiger partial charge is 0.327 e. The molecule has 0 saturated heterocycles. The average Bonchev–Trinajstić information content (AvgIpc) is 3.35. The Labute approximate surface area is 163 Å². The minimum Gasteiger partial charge on any atom is -0.327 e. The number of carbonyl (C=O) groups is 1. The van der Waals surface area contributed by atoms with Gasteiger partial charge in [0.05, 0.1) is 0 Å². The Morgan fingerprint density at radius 2 is 1.89 bits per heavy atom. The molecule has 0 fully saturated rings. The Kier molecular flexibility index (Phi) is 4.92. The van der Waals surface area contributed by atoms with E-state index < -0.39 is 18.0 Å². The van der Waals surface area contributed by atoms with Gasteiger partial charge in [0, 0.05) is 24.4 Å². The number of aryl methyl sites for hydroxylation is 1. The molecule has 9 heteroatoms. The molecule has 1 amide bonds. The highest BCUT2D eigenvalue weighted by molar-refractivity contribution is 7.09. The molecule has 0 saturated carbocycles. The van der Waals surface area contributed by atoms with Gasteiger partial charge in [-0.1, -0.05) is 36.4 Å². The molecular weight excluding hydrogens is 389 g/mol. The minimum atomic E-state index is -4.59. The van der Waals surface area contributed by atoms with E-state index in [9.17, 15) is 18.0 Å². The summed E-state index contributed by atoms with van der Waals surface area (Å²) in [7, 11) is 0. The van der Waals surface area contributed by atoms with Crippen LogP contribution in [0.2, 0.25) is 0 Å². The van der Waals surface area contributed by atoms with Crippen molar-refractivity contribution < 1.29 is 18.0 Å². The maximum absolute atomic E-state index is 13.3. The van der Waals surface area contributed by atoms with Crippen molar-refractivity contribution in [3.63, 3.8) is 0 Å². The largest absolute Gasteiger partial charge is 0.451 e. The summed E-state index contributed by atoms with van der Waals surface area (Å²) < 4.78 is 40.9. The van der Waals surface area contributed by atoms with Crippen LogP contribution in [0.4, 0.5) is 13.2 Å². The van der Waals surface area contributed by atoms with E-state index in [1.807, 2.05) is 23.6 Å². The van der Waals surface area contributed by atoms with Gasteiger partial charge in [-0.25, -0.2) is 0 Å². The second-order valence-corrected chi connectivity index (χ2v) is 7.54. The van der Waals surface area contributed by atoms with Crippen LogP contribution in [0.1, 0.15) is 34.6 Å². The van der Waals surface area contributed by atoms with Crippen molar-refractivity contribution in [3.05, 3.63) is 69.9 Å². The third-order valence-electron chi connectivity index (χ3n) is 4.75. The number of thiophene rings is 1. The summed E-state index contributed by atoms with van der Waals surface area (Å²) in [6, 6.07) is 12.2. The third-order valence-corrected chi connectivity index (χ3v) is 5.69. The number of rotatable bonds is 4. The summed E-state index contributed by atoms with van der Waals surface area (Å²) in [5.41, 5.74) is 0.717. The van der Waals surface area contributed by atoms with Gasteiger partial charge in [-0.15, -0.1) is 21.5 Å². The normalized spacial score (nSPS) is 16.8. The molecule has 28 heavy (non-hydrogen) atoms. The van der Waals surface area contributed by atoms with Crippen molar-refractivity contribution in [1.29, 1.82) is 0 Å². The van der Waals surface area contributed by atoms with E-state index in [1.54, 1.807) is 40.5 Å². The van der Waals surface area contributed by atoms with Crippen LogP contribution in [-0.2, 0) is 23.9 Å². The fourth-order valence-electron chi connectivity index (χ4n) is 3.49. The van der Waals surface area contributed by atoms with Crippen LogP contribution in [0, 0.1) is 0 Å². The molecule has 146 valence electrons. The molecule has 1 atom stereocenters. The first-order valence-corrected chi connectivity index (χ1v) is 9.70. The summed E-state index contributed by atoms with van der Waals surface area (Å²) in [6.45, 7) is 0.197. The maximum atomic E-state index is 13.3. The zero-order chi connectivity index (χ0) is 19.7. The summed E-state index contributed by atoms with van der Waals surface area (Å²) in [4.78, 5) is 15.7. The number of fused-ring (bicyclic) bond motifs is 1. The van der Waals surface area contributed by atoms with Crippen LogP contribution in [0.3, 0.4) is 0 Å². The first-order valence-electron chi connectivity index (χ1n) is 8.82. The second kappa shape index (κ2) is 7.38. The van der Waals surface area contributed by atoms with Gasteiger partial charge in [-0.3, -0.25) is 4.79 Å². The van der Waals surface area contributed by atoms with Crippen LogP contribution >= 0.6 is 11.3 Å². The Balaban J connectivity index is 1.67. The first kappa shape index (κ1) is 18.7. The van der Waals surface area contributed by atoms with Crippen LogP contribution in [0.5, 0.6) is 0 Å². The number of alkyl halides is 3. The van der Waals surface area contributed by atoms with E-state index in [1.165, 1.54) is 0 Å². The molecule has 1 aliphatic heterocycles. The van der Waals surface area contributed by atoms with Crippen LogP contribution in [-0.4, -0.2) is 32.1 Å². The number of nitrogens with zero attached hydrogens (tertiary/aromatic N) is 4. The van der Waals surface area contributed by atoms with Gasteiger partial charge in [0.1, 0.15) is 6.04 Å². The molecule has 0 bridgehead atoms. The molecule has 0 N–H and O–H groups in total. The van der Waals surface area contributed by atoms with Crippen molar-refractivity contribution >= 4 is 17.2 Å². The van der Waals surface area contributed by atoms with E-state index in [-0.39, 0.29) is 24.8 Å². The highest BCUT2D eigenvalue weighted by Gasteiger charge is 2.43. The van der Waals surface area contributed by atoms with Gasteiger partial charge in [-0.2, -0.15) is 13.2 Å². The summed E-state index contributed by atoms with van der Waals surface area (Å²) in [6.07, 6.45) is -3.68. The molecule has 1 unspecified atom stereocenters. The average molecular weight is 406 g/mol. The number of benzene rings is 1. The minimum absolute atomic E-state index is 0.0191. The van der Waals surface area contributed by atoms with Crippen molar-refractivity contribution in [2.75, 3.05) is 6.54 Å². The lowest BCUT2D eigenvalue weighted by Crippen LogP contribution is -2.43. The number of hydrogen-bond donors (Lipinski definition) is 0. The van der Waals surface area contributed by atoms with Crippen molar-refractivity contribution in [3.8, 4) is 0 Å². The molecule has 0 radical (unpaired) electrons. The van der Waals surface area contributed by atoms with Gasteiger partial charge in [0.25, 0.3) is 0 Å².